The lowest BCUT2D eigenvalue weighted by Gasteiger charge is -2.20. The van der Waals surface area contributed by atoms with Crippen molar-refractivity contribution in [1.29, 1.82) is 0 Å². The molecule has 5 N–H and O–H groups in total. The summed E-state index contributed by atoms with van der Waals surface area (Å²) < 4.78 is 11.5. The van der Waals surface area contributed by atoms with Crippen molar-refractivity contribution in [2.45, 2.75) is 30.6 Å². The van der Waals surface area contributed by atoms with Gasteiger partial charge in [0.2, 0.25) is 0 Å². The fourth-order valence-electron chi connectivity index (χ4n) is 2.95. The van der Waals surface area contributed by atoms with Crippen molar-refractivity contribution in [1.82, 2.24) is 9.55 Å². The molecule has 2 heterocycles. The molecule has 1 saturated heterocycles. The fourth-order valence-corrected chi connectivity index (χ4v) is 2.95. The Hall–Kier alpha value is -2.79. The first kappa shape index (κ1) is 19.0. The maximum Gasteiger partial charge on any atom is 0.351 e. The van der Waals surface area contributed by atoms with Crippen LogP contribution in [0.15, 0.2) is 41.3 Å². The van der Waals surface area contributed by atoms with E-state index in [1.54, 1.807) is 18.2 Å². The fraction of sp³-hybridized carbons (Fsp3) is 0.353. The lowest BCUT2D eigenvalue weighted by Crippen LogP contribution is -2.43. The maximum atomic E-state index is 12.6. The summed E-state index contributed by atoms with van der Waals surface area (Å²) >= 11 is 0. The van der Waals surface area contributed by atoms with Crippen molar-refractivity contribution < 1.29 is 29.6 Å². The Labute approximate surface area is 153 Å². The minimum atomic E-state index is -1.80. The minimum Gasteiger partial charge on any atom is -0.496 e. The standard InChI is InChI=1S/C17H19N3O7/c1-26-9-5-3-2-4-8(9)11(21)12(22)15-13(23)14(24)16(27-15)20-7-6-10(18)19-17(20)25/h2-7,12-16,22-24H,1H3,(H2,18,19,25)/t12?,13-,14-,15+,16+/m0/s1. The van der Waals surface area contributed by atoms with Crippen LogP contribution in [0.1, 0.15) is 16.6 Å². The maximum absolute atomic E-state index is 12.6. The number of benzene rings is 1. The zero-order valence-corrected chi connectivity index (χ0v) is 14.3. The van der Waals surface area contributed by atoms with Crippen LogP contribution in [-0.4, -0.2) is 62.2 Å². The summed E-state index contributed by atoms with van der Waals surface area (Å²) in [4.78, 5) is 28.1. The monoisotopic (exact) mass is 377 g/mol. The van der Waals surface area contributed by atoms with Crippen LogP contribution in [0.4, 0.5) is 5.82 Å². The van der Waals surface area contributed by atoms with Gasteiger partial charge in [0, 0.05) is 6.20 Å². The number of Topliss-reactive ketones (excluding diaryl/α,β-unsaturated/α-hetero) is 1. The number of aliphatic hydroxyl groups excluding tert-OH is 3. The van der Waals surface area contributed by atoms with E-state index in [9.17, 15) is 24.9 Å². The first-order valence-electron chi connectivity index (χ1n) is 8.06. The number of nitrogens with zero attached hydrogens (tertiary/aromatic N) is 2. The van der Waals surface area contributed by atoms with E-state index in [1.807, 2.05) is 0 Å². The number of nitrogen functional groups attached to an aromatic ring is 1. The van der Waals surface area contributed by atoms with Crippen LogP contribution < -0.4 is 16.2 Å². The lowest BCUT2D eigenvalue weighted by atomic mass is 9.97. The summed E-state index contributed by atoms with van der Waals surface area (Å²) in [6.07, 6.45) is -6.56. The molecule has 10 heteroatoms. The molecular weight excluding hydrogens is 358 g/mol. The summed E-state index contributed by atoms with van der Waals surface area (Å²) in [5.41, 5.74) is 4.70. The molecule has 0 saturated carbocycles. The number of rotatable bonds is 5. The number of ketones is 1. The van der Waals surface area contributed by atoms with Gasteiger partial charge in [-0.05, 0) is 18.2 Å². The largest absolute Gasteiger partial charge is 0.496 e. The van der Waals surface area contributed by atoms with Crippen molar-refractivity contribution in [2.75, 3.05) is 12.8 Å². The highest BCUT2D eigenvalue weighted by Crippen LogP contribution is 2.32. The number of ether oxygens (including phenoxy) is 2. The molecule has 144 valence electrons. The van der Waals surface area contributed by atoms with E-state index in [-0.39, 0.29) is 17.1 Å². The first-order chi connectivity index (χ1) is 12.8. The Balaban J connectivity index is 1.86. The Kier molecular flexibility index (Phi) is 5.24. The zero-order chi connectivity index (χ0) is 19.7. The third-order valence-electron chi connectivity index (χ3n) is 4.35. The van der Waals surface area contributed by atoms with Crippen LogP contribution in [0.2, 0.25) is 0 Å². The first-order valence-corrected chi connectivity index (χ1v) is 8.06. The number of carbonyl (C=O) groups is 1. The van der Waals surface area contributed by atoms with Crippen molar-refractivity contribution in [3.63, 3.8) is 0 Å². The third-order valence-corrected chi connectivity index (χ3v) is 4.35. The number of methoxy groups -OCH3 is 1. The quantitative estimate of drug-likeness (QED) is 0.465. The predicted octanol–water partition coefficient (Wildman–Crippen LogP) is -1.30. The van der Waals surface area contributed by atoms with Crippen molar-refractivity contribution >= 4 is 11.6 Å². The molecule has 27 heavy (non-hydrogen) atoms. The third kappa shape index (κ3) is 3.43. The van der Waals surface area contributed by atoms with Gasteiger partial charge in [-0.25, -0.2) is 4.79 Å². The molecule has 0 spiro atoms. The Bertz CT molecular complexity index is 900. The van der Waals surface area contributed by atoms with Crippen LogP contribution >= 0.6 is 0 Å². The Morgan fingerprint density at radius 1 is 1.30 bits per heavy atom. The van der Waals surface area contributed by atoms with Gasteiger partial charge < -0.3 is 30.5 Å². The Morgan fingerprint density at radius 2 is 2.00 bits per heavy atom. The second-order valence-electron chi connectivity index (χ2n) is 6.02. The van der Waals surface area contributed by atoms with Crippen LogP contribution in [0, 0.1) is 0 Å². The molecule has 1 fully saturated rings. The summed E-state index contributed by atoms with van der Waals surface area (Å²) in [6, 6.07) is 7.56. The number of aliphatic hydroxyl groups is 3. The topological polar surface area (TPSA) is 157 Å². The molecule has 0 radical (unpaired) electrons. The number of hydrogen-bond acceptors (Lipinski definition) is 9. The number of anilines is 1. The van der Waals surface area contributed by atoms with Gasteiger partial charge in [0.05, 0.1) is 12.7 Å². The number of nitrogens with two attached hydrogens (primary N) is 1. The van der Waals surface area contributed by atoms with E-state index in [2.05, 4.69) is 4.98 Å². The van der Waals surface area contributed by atoms with E-state index >= 15 is 0 Å². The van der Waals surface area contributed by atoms with Crippen molar-refractivity contribution in [3.8, 4) is 5.75 Å². The summed E-state index contributed by atoms with van der Waals surface area (Å²) in [6.45, 7) is 0. The molecule has 1 aromatic carbocycles. The van der Waals surface area contributed by atoms with Crippen LogP contribution in [0.5, 0.6) is 5.75 Å². The normalized spacial score (nSPS) is 25.9. The van der Waals surface area contributed by atoms with Gasteiger partial charge >= 0.3 is 5.69 Å². The molecule has 10 nitrogen and oxygen atoms in total. The average molecular weight is 377 g/mol. The second-order valence-corrected chi connectivity index (χ2v) is 6.02. The SMILES string of the molecule is COc1ccccc1C(=O)C(O)[C@H]1O[C@@H](n2ccc(N)nc2=O)[C@@H](O)[C@@H]1O. The number of para-hydroxylation sites is 1. The molecule has 2 aromatic rings. The molecule has 1 aliphatic rings. The molecular formula is C17H19N3O7. The number of hydrogen-bond donors (Lipinski definition) is 4. The van der Waals surface area contributed by atoms with Gasteiger partial charge in [-0.3, -0.25) is 9.36 Å². The predicted molar refractivity (Wildman–Crippen MR) is 92.2 cm³/mol. The van der Waals surface area contributed by atoms with Gasteiger partial charge in [0.15, 0.2) is 12.0 Å². The lowest BCUT2D eigenvalue weighted by molar-refractivity contribution is -0.0752. The highest BCUT2D eigenvalue weighted by atomic mass is 16.6. The zero-order valence-electron chi connectivity index (χ0n) is 14.3. The van der Waals surface area contributed by atoms with Gasteiger partial charge in [-0.2, -0.15) is 4.98 Å². The van der Waals surface area contributed by atoms with Gasteiger partial charge in [0.25, 0.3) is 0 Å². The highest BCUT2D eigenvalue weighted by molar-refractivity contribution is 6.02. The van der Waals surface area contributed by atoms with Crippen LogP contribution in [0.3, 0.4) is 0 Å². The number of carbonyl (C=O) groups excluding carboxylic acids is 1. The Morgan fingerprint density at radius 3 is 2.67 bits per heavy atom. The molecule has 0 aliphatic carbocycles. The highest BCUT2D eigenvalue weighted by Gasteiger charge is 2.49. The molecule has 1 aromatic heterocycles. The molecule has 0 amide bonds. The van der Waals surface area contributed by atoms with E-state index in [1.165, 1.54) is 25.4 Å². The van der Waals surface area contributed by atoms with Crippen molar-refractivity contribution in [2.24, 2.45) is 0 Å². The molecule has 3 rings (SSSR count). The van der Waals surface area contributed by atoms with Gasteiger partial charge in [-0.1, -0.05) is 12.1 Å². The summed E-state index contributed by atoms with van der Waals surface area (Å²) in [5.74, 6) is -0.538. The van der Waals surface area contributed by atoms with Gasteiger partial charge in [-0.15, -0.1) is 0 Å². The molecule has 1 unspecified atom stereocenters. The molecule has 5 atom stereocenters. The second kappa shape index (κ2) is 7.45. The van der Waals surface area contributed by atoms with Crippen LogP contribution in [0.25, 0.3) is 0 Å². The van der Waals surface area contributed by atoms with E-state index in [4.69, 9.17) is 15.2 Å². The average Bonchev–Trinajstić information content (AvgIpc) is 2.95. The van der Waals surface area contributed by atoms with Crippen molar-refractivity contribution in [3.05, 3.63) is 52.6 Å². The van der Waals surface area contributed by atoms with Crippen LogP contribution in [-0.2, 0) is 4.74 Å². The number of aromatic nitrogens is 2. The summed E-state index contributed by atoms with van der Waals surface area (Å²) in [7, 11) is 1.37. The van der Waals surface area contributed by atoms with E-state index in [0.29, 0.717) is 0 Å². The van der Waals surface area contributed by atoms with E-state index in [0.717, 1.165) is 4.57 Å². The summed E-state index contributed by atoms with van der Waals surface area (Å²) in [5, 5.41) is 30.9. The van der Waals surface area contributed by atoms with Gasteiger partial charge in [0.1, 0.15) is 36.0 Å². The molecule has 0 bridgehead atoms. The molecule has 1 aliphatic heterocycles. The smallest absolute Gasteiger partial charge is 0.351 e. The van der Waals surface area contributed by atoms with E-state index < -0.39 is 42.1 Å². The minimum absolute atomic E-state index is 0.0211.